The standard InChI is InChI=1S/C17H26BrN3O/c1-3-4-5-8-19-17(22)21-11-9-20(10-12-21)15-6-7-16(18)14(2)13-15/h6-7,13H,3-5,8-12H2,1-2H3,(H,19,22). The second kappa shape index (κ2) is 8.42. The van der Waals surface area contributed by atoms with Crippen LogP contribution in [0.25, 0.3) is 0 Å². The molecule has 122 valence electrons. The molecule has 0 saturated carbocycles. The van der Waals surface area contributed by atoms with Crippen LogP contribution in [0.2, 0.25) is 0 Å². The maximum absolute atomic E-state index is 12.1. The highest BCUT2D eigenvalue weighted by molar-refractivity contribution is 9.10. The Morgan fingerprint density at radius 2 is 1.95 bits per heavy atom. The summed E-state index contributed by atoms with van der Waals surface area (Å²) in [6, 6.07) is 6.52. The van der Waals surface area contributed by atoms with Crippen molar-refractivity contribution in [3.63, 3.8) is 0 Å². The van der Waals surface area contributed by atoms with Crippen LogP contribution in [0.1, 0.15) is 31.7 Å². The molecule has 0 aliphatic carbocycles. The maximum atomic E-state index is 12.1. The average Bonchev–Trinajstić information content (AvgIpc) is 2.54. The molecule has 2 rings (SSSR count). The highest BCUT2D eigenvalue weighted by Gasteiger charge is 2.21. The molecule has 1 aromatic carbocycles. The largest absolute Gasteiger partial charge is 0.368 e. The van der Waals surface area contributed by atoms with Crippen LogP contribution in [0, 0.1) is 6.92 Å². The summed E-state index contributed by atoms with van der Waals surface area (Å²) in [5.41, 5.74) is 2.48. The quantitative estimate of drug-likeness (QED) is 0.803. The number of piperazine rings is 1. The van der Waals surface area contributed by atoms with Crippen molar-refractivity contribution in [3.8, 4) is 0 Å². The SMILES string of the molecule is CCCCCNC(=O)N1CCN(c2ccc(Br)c(C)c2)CC1. The molecule has 0 radical (unpaired) electrons. The third-order valence-electron chi connectivity index (χ3n) is 4.13. The van der Waals surface area contributed by atoms with Crippen LogP contribution < -0.4 is 10.2 Å². The second-order valence-electron chi connectivity index (χ2n) is 5.85. The minimum Gasteiger partial charge on any atom is -0.368 e. The third-order valence-corrected chi connectivity index (χ3v) is 5.02. The van der Waals surface area contributed by atoms with Gasteiger partial charge in [0.25, 0.3) is 0 Å². The summed E-state index contributed by atoms with van der Waals surface area (Å²) in [5.74, 6) is 0. The molecule has 1 aliphatic heterocycles. The lowest BCUT2D eigenvalue weighted by molar-refractivity contribution is 0.194. The van der Waals surface area contributed by atoms with Gasteiger partial charge in [-0.05, 0) is 37.1 Å². The van der Waals surface area contributed by atoms with E-state index in [2.05, 4.69) is 58.2 Å². The van der Waals surface area contributed by atoms with E-state index >= 15 is 0 Å². The lowest BCUT2D eigenvalue weighted by atomic mass is 10.2. The van der Waals surface area contributed by atoms with Crippen molar-refractivity contribution in [2.24, 2.45) is 0 Å². The number of rotatable bonds is 5. The summed E-state index contributed by atoms with van der Waals surface area (Å²) in [5, 5.41) is 3.02. The van der Waals surface area contributed by atoms with E-state index in [0.29, 0.717) is 0 Å². The van der Waals surface area contributed by atoms with E-state index < -0.39 is 0 Å². The summed E-state index contributed by atoms with van der Waals surface area (Å²) >= 11 is 3.54. The van der Waals surface area contributed by atoms with Crippen molar-refractivity contribution in [1.82, 2.24) is 10.2 Å². The first-order valence-electron chi connectivity index (χ1n) is 8.15. The van der Waals surface area contributed by atoms with Crippen LogP contribution in [0.15, 0.2) is 22.7 Å². The van der Waals surface area contributed by atoms with E-state index in [1.165, 1.54) is 24.1 Å². The number of benzene rings is 1. The monoisotopic (exact) mass is 367 g/mol. The predicted octanol–water partition coefficient (Wildman–Crippen LogP) is 3.78. The molecule has 5 heteroatoms. The highest BCUT2D eigenvalue weighted by Crippen LogP contribution is 2.23. The van der Waals surface area contributed by atoms with Crippen LogP contribution in [0.5, 0.6) is 0 Å². The number of halogens is 1. The van der Waals surface area contributed by atoms with Gasteiger partial charge in [-0.2, -0.15) is 0 Å². The van der Waals surface area contributed by atoms with Gasteiger partial charge in [-0.25, -0.2) is 4.79 Å². The maximum Gasteiger partial charge on any atom is 0.317 e. The Balaban J connectivity index is 1.79. The van der Waals surface area contributed by atoms with Crippen molar-refractivity contribution in [2.75, 3.05) is 37.6 Å². The van der Waals surface area contributed by atoms with Crippen molar-refractivity contribution < 1.29 is 4.79 Å². The molecular formula is C17H26BrN3O. The molecule has 22 heavy (non-hydrogen) atoms. The van der Waals surface area contributed by atoms with E-state index in [1.54, 1.807) is 0 Å². The van der Waals surface area contributed by atoms with Gasteiger partial charge in [0.15, 0.2) is 0 Å². The molecule has 0 unspecified atom stereocenters. The number of anilines is 1. The third kappa shape index (κ3) is 4.63. The first kappa shape index (κ1) is 17.1. The number of urea groups is 1. The van der Waals surface area contributed by atoms with Crippen molar-refractivity contribution in [3.05, 3.63) is 28.2 Å². The van der Waals surface area contributed by atoms with Gasteiger partial charge in [-0.1, -0.05) is 35.7 Å². The van der Waals surface area contributed by atoms with Crippen LogP contribution in [-0.2, 0) is 0 Å². The van der Waals surface area contributed by atoms with Gasteiger partial charge < -0.3 is 15.1 Å². The molecule has 1 heterocycles. The fourth-order valence-corrected chi connectivity index (χ4v) is 2.92. The average molecular weight is 368 g/mol. The van der Waals surface area contributed by atoms with Gasteiger partial charge in [0.1, 0.15) is 0 Å². The number of nitrogens with one attached hydrogen (secondary N) is 1. The van der Waals surface area contributed by atoms with Crippen molar-refractivity contribution in [1.29, 1.82) is 0 Å². The number of unbranched alkanes of at least 4 members (excludes halogenated alkanes) is 2. The lowest BCUT2D eigenvalue weighted by Gasteiger charge is -2.36. The summed E-state index contributed by atoms with van der Waals surface area (Å²) in [7, 11) is 0. The molecule has 1 aromatic rings. The van der Waals surface area contributed by atoms with E-state index in [9.17, 15) is 4.79 Å². The number of carbonyl (C=O) groups is 1. The fourth-order valence-electron chi connectivity index (χ4n) is 2.68. The summed E-state index contributed by atoms with van der Waals surface area (Å²) in [6.45, 7) is 8.42. The lowest BCUT2D eigenvalue weighted by Crippen LogP contribution is -2.52. The van der Waals surface area contributed by atoms with Crippen molar-refractivity contribution in [2.45, 2.75) is 33.1 Å². The molecule has 0 bridgehead atoms. The van der Waals surface area contributed by atoms with Gasteiger partial charge in [0, 0.05) is 42.9 Å². The highest BCUT2D eigenvalue weighted by atomic mass is 79.9. The number of nitrogens with zero attached hydrogens (tertiary/aromatic N) is 2. The van der Waals surface area contributed by atoms with Gasteiger partial charge >= 0.3 is 6.03 Å². The number of carbonyl (C=O) groups excluding carboxylic acids is 1. The topological polar surface area (TPSA) is 35.6 Å². The Bertz CT molecular complexity index is 499. The van der Waals surface area contributed by atoms with Crippen LogP contribution in [0.4, 0.5) is 10.5 Å². The minimum absolute atomic E-state index is 0.0859. The second-order valence-corrected chi connectivity index (χ2v) is 6.70. The van der Waals surface area contributed by atoms with Crippen LogP contribution in [0.3, 0.4) is 0 Å². The van der Waals surface area contributed by atoms with Gasteiger partial charge in [-0.3, -0.25) is 0 Å². The number of aryl methyl sites for hydroxylation is 1. The number of amides is 2. The van der Waals surface area contributed by atoms with Crippen LogP contribution in [-0.4, -0.2) is 43.7 Å². The number of hydrogen-bond donors (Lipinski definition) is 1. The zero-order valence-corrected chi connectivity index (χ0v) is 15.2. The summed E-state index contributed by atoms with van der Waals surface area (Å²) < 4.78 is 1.14. The van der Waals surface area contributed by atoms with E-state index in [4.69, 9.17) is 0 Å². The molecular weight excluding hydrogens is 342 g/mol. The normalized spacial score (nSPS) is 15.0. The zero-order chi connectivity index (χ0) is 15.9. The Labute approximate surface area is 142 Å². The Hall–Kier alpha value is -1.23. The first-order valence-corrected chi connectivity index (χ1v) is 8.95. The van der Waals surface area contributed by atoms with Gasteiger partial charge in [0.05, 0.1) is 0 Å². The molecule has 0 atom stereocenters. The van der Waals surface area contributed by atoms with E-state index in [1.807, 2.05) is 4.90 Å². The molecule has 1 fully saturated rings. The zero-order valence-electron chi connectivity index (χ0n) is 13.6. The van der Waals surface area contributed by atoms with Crippen molar-refractivity contribution >= 4 is 27.6 Å². The van der Waals surface area contributed by atoms with E-state index in [0.717, 1.165) is 43.6 Å². The molecule has 0 spiro atoms. The molecule has 1 N–H and O–H groups in total. The molecule has 2 amide bonds. The molecule has 0 aromatic heterocycles. The molecule has 1 aliphatic rings. The Morgan fingerprint density at radius 3 is 2.59 bits per heavy atom. The van der Waals surface area contributed by atoms with Crippen LogP contribution >= 0.6 is 15.9 Å². The Morgan fingerprint density at radius 1 is 1.23 bits per heavy atom. The molecule has 4 nitrogen and oxygen atoms in total. The summed E-state index contributed by atoms with van der Waals surface area (Å²) in [6.07, 6.45) is 3.43. The minimum atomic E-state index is 0.0859. The Kier molecular flexibility index (Phi) is 6.55. The predicted molar refractivity (Wildman–Crippen MR) is 95.6 cm³/mol. The summed E-state index contributed by atoms with van der Waals surface area (Å²) in [4.78, 5) is 16.4. The van der Waals surface area contributed by atoms with Gasteiger partial charge in [0.2, 0.25) is 0 Å². The van der Waals surface area contributed by atoms with Gasteiger partial charge in [-0.15, -0.1) is 0 Å². The van der Waals surface area contributed by atoms with E-state index in [-0.39, 0.29) is 6.03 Å². The number of hydrogen-bond acceptors (Lipinski definition) is 2. The smallest absolute Gasteiger partial charge is 0.317 e. The molecule has 1 saturated heterocycles. The fraction of sp³-hybridized carbons (Fsp3) is 0.588. The first-order chi connectivity index (χ1) is 10.6.